The van der Waals surface area contributed by atoms with Crippen LogP contribution in [-0.4, -0.2) is 37.5 Å². The average molecular weight is 270 g/mol. The predicted octanol–water partition coefficient (Wildman–Crippen LogP) is 2.55. The third kappa shape index (κ3) is 4.18. The third-order valence-electron chi connectivity index (χ3n) is 4.26. The first-order valence-electron chi connectivity index (χ1n) is 7.46. The van der Waals surface area contributed by atoms with E-state index in [9.17, 15) is 4.79 Å². The van der Waals surface area contributed by atoms with Crippen LogP contribution in [0.5, 0.6) is 0 Å². The van der Waals surface area contributed by atoms with Crippen LogP contribution >= 0.6 is 0 Å². The van der Waals surface area contributed by atoms with Crippen molar-refractivity contribution in [2.45, 2.75) is 64.8 Å². The van der Waals surface area contributed by atoms with Crippen LogP contribution in [0.25, 0.3) is 0 Å². The monoisotopic (exact) mass is 270 g/mol. The van der Waals surface area contributed by atoms with Crippen molar-refractivity contribution < 1.29 is 19.0 Å². The molecule has 4 nitrogen and oxygen atoms in total. The lowest BCUT2D eigenvalue weighted by molar-refractivity contribution is -0.141. The second kappa shape index (κ2) is 6.71. The molecule has 2 saturated heterocycles. The number of esters is 1. The summed E-state index contributed by atoms with van der Waals surface area (Å²) < 4.78 is 17.0. The minimum absolute atomic E-state index is 0.205. The first-order valence-corrected chi connectivity index (χ1v) is 7.46. The lowest BCUT2D eigenvalue weighted by Crippen LogP contribution is -2.37. The second-order valence-corrected chi connectivity index (χ2v) is 6.13. The van der Waals surface area contributed by atoms with E-state index in [0.29, 0.717) is 18.4 Å². The Bertz CT molecular complexity index is 303. The Labute approximate surface area is 115 Å². The molecule has 0 N–H and O–H groups in total. The van der Waals surface area contributed by atoms with Crippen LogP contribution in [0.15, 0.2) is 0 Å². The van der Waals surface area contributed by atoms with Crippen LogP contribution < -0.4 is 0 Å². The van der Waals surface area contributed by atoms with Gasteiger partial charge in [-0.3, -0.25) is 4.79 Å². The Morgan fingerprint density at radius 2 is 2.11 bits per heavy atom. The Balaban J connectivity index is 1.69. The van der Waals surface area contributed by atoms with Crippen molar-refractivity contribution in [2.75, 3.05) is 13.2 Å². The van der Waals surface area contributed by atoms with Crippen LogP contribution in [-0.2, 0) is 19.0 Å². The zero-order valence-corrected chi connectivity index (χ0v) is 12.3. The fraction of sp³-hybridized carbons (Fsp3) is 0.933. The molecule has 0 spiro atoms. The maximum Gasteiger partial charge on any atom is 0.302 e. The molecule has 19 heavy (non-hydrogen) atoms. The van der Waals surface area contributed by atoms with Crippen LogP contribution in [0.2, 0.25) is 0 Å². The van der Waals surface area contributed by atoms with Gasteiger partial charge in [-0.2, -0.15) is 0 Å². The fourth-order valence-corrected chi connectivity index (χ4v) is 2.98. The number of hydrogen-bond donors (Lipinski definition) is 0. The van der Waals surface area contributed by atoms with Gasteiger partial charge in [0.15, 0.2) is 0 Å². The van der Waals surface area contributed by atoms with Gasteiger partial charge in [0.05, 0.1) is 31.5 Å². The van der Waals surface area contributed by atoms with Crippen LogP contribution in [0.4, 0.5) is 0 Å². The molecule has 110 valence electrons. The number of ether oxygens (including phenoxy) is 3. The molecule has 0 aromatic rings. The predicted molar refractivity (Wildman–Crippen MR) is 71.8 cm³/mol. The van der Waals surface area contributed by atoms with E-state index in [-0.39, 0.29) is 24.3 Å². The highest BCUT2D eigenvalue weighted by molar-refractivity contribution is 5.65. The SMILES string of the molecule is CC(=O)OCCC[C@@H]1C[C@@H]2OCC(C(C)C)C[C@@H]2O1. The van der Waals surface area contributed by atoms with Crippen molar-refractivity contribution in [3.63, 3.8) is 0 Å². The molecule has 2 heterocycles. The number of rotatable bonds is 5. The summed E-state index contributed by atoms with van der Waals surface area (Å²) in [5, 5.41) is 0. The summed E-state index contributed by atoms with van der Waals surface area (Å²) in [4.78, 5) is 10.7. The molecule has 0 bridgehead atoms. The van der Waals surface area contributed by atoms with Gasteiger partial charge in [-0.1, -0.05) is 13.8 Å². The van der Waals surface area contributed by atoms with E-state index in [4.69, 9.17) is 14.2 Å². The van der Waals surface area contributed by atoms with Crippen molar-refractivity contribution in [1.82, 2.24) is 0 Å². The average Bonchev–Trinajstić information content (AvgIpc) is 2.75. The Morgan fingerprint density at radius 3 is 2.79 bits per heavy atom. The minimum Gasteiger partial charge on any atom is -0.466 e. The van der Waals surface area contributed by atoms with Crippen LogP contribution in [0.1, 0.15) is 46.5 Å². The van der Waals surface area contributed by atoms with Crippen molar-refractivity contribution in [3.8, 4) is 0 Å². The maximum atomic E-state index is 10.7. The van der Waals surface area contributed by atoms with E-state index in [2.05, 4.69) is 13.8 Å². The lowest BCUT2D eigenvalue weighted by atomic mass is 9.87. The largest absolute Gasteiger partial charge is 0.466 e. The molecule has 0 aromatic heterocycles. The molecule has 2 aliphatic rings. The maximum absolute atomic E-state index is 10.7. The van der Waals surface area contributed by atoms with Gasteiger partial charge in [0.25, 0.3) is 0 Å². The molecule has 2 aliphatic heterocycles. The van der Waals surface area contributed by atoms with Gasteiger partial charge < -0.3 is 14.2 Å². The molecule has 1 unspecified atom stereocenters. The molecule has 0 amide bonds. The zero-order chi connectivity index (χ0) is 13.8. The Hall–Kier alpha value is -0.610. The van der Waals surface area contributed by atoms with E-state index in [1.54, 1.807) is 0 Å². The molecular formula is C15H26O4. The molecule has 0 radical (unpaired) electrons. The third-order valence-corrected chi connectivity index (χ3v) is 4.26. The normalized spacial score (nSPS) is 34.3. The smallest absolute Gasteiger partial charge is 0.302 e. The standard InChI is InChI=1S/C15H26O4/c1-10(2)12-7-15-14(18-9-12)8-13(19-15)5-4-6-17-11(3)16/h10,12-15H,4-9H2,1-3H3/t12?,13-,14+,15+/m1/s1. The lowest BCUT2D eigenvalue weighted by Gasteiger charge is -2.33. The molecule has 0 saturated carbocycles. The Kier molecular flexibility index (Phi) is 5.22. The van der Waals surface area contributed by atoms with E-state index in [1.165, 1.54) is 6.92 Å². The van der Waals surface area contributed by atoms with Crippen LogP contribution in [0, 0.1) is 11.8 Å². The summed E-state index contributed by atoms with van der Waals surface area (Å²) in [5.41, 5.74) is 0. The summed E-state index contributed by atoms with van der Waals surface area (Å²) in [6, 6.07) is 0. The summed E-state index contributed by atoms with van der Waals surface area (Å²) in [6.07, 6.45) is 4.79. The van der Waals surface area contributed by atoms with Gasteiger partial charge in [-0.15, -0.1) is 0 Å². The molecule has 4 heteroatoms. The van der Waals surface area contributed by atoms with Crippen LogP contribution in [0.3, 0.4) is 0 Å². The first-order chi connectivity index (χ1) is 9.06. The van der Waals surface area contributed by atoms with Gasteiger partial charge in [-0.05, 0) is 31.1 Å². The Morgan fingerprint density at radius 1 is 1.32 bits per heavy atom. The van der Waals surface area contributed by atoms with E-state index >= 15 is 0 Å². The minimum atomic E-state index is -0.205. The number of hydrogen-bond acceptors (Lipinski definition) is 4. The topological polar surface area (TPSA) is 44.8 Å². The van der Waals surface area contributed by atoms with Crippen molar-refractivity contribution in [3.05, 3.63) is 0 Å². The van der Waals surface area contributed by atoms with Crippen molar-refractivity contribution in [2.24, 2.45) is 11.8 Å². The number of carbonyl (C=O) groups is 1. The number of fused-ring (bicyclic) bond motifs is 1. The van der Waals surface area contributed by atoms with Gasteiger partial charge in [0.2, 0.25) is 0 Å². The van der Waals surface area contributed by atoms with Gasteiger partial charge in [0.1, 0.15) is 0 Å². The van der Waals surface area contributed by atoms with E-state index in [0.717, 1.165) is 32.3 Å². The van der Waals surface area contributed by atoms with Crippen molar-refractivity contribution >= 4 is 5.97 Å². The summed E-state index contributed by atoms with van der Waals surface area (Å²) in [5.74, 6) is 1.08. The second-order valence-electron chi connectivity index (χ2n) is 6.13. The van der Waals surface area contributed by atoms with Gasteiger partial charge in [0, 0.05) is 13.3 Å². The number of carbonyl (C=O) groups excluding carboxylic acids is 1. The summed E-state index contributed by atoms with van der Waals surface area (Å²) >= 11 is 0. The molecule has 4 atom stereocenters. The summed E-state index contributed by atoms with van der Waals surface area (Å²) in [7, 11) is 0. The first kappa shape index (κ1) is 14.8. The molecule has 0 aromatic carbocycles. The van der Waals surface area contributed by atoms with Gasteiger partial charge >= 0.3 is 5.97 Å². The van der Waals surface area contributed by atoms with E-state index in [1.807, 2.05) is 0 Å². The highest BCUT2D eigenvalue weighted by Crippen LogP contribution is 2.36. The van der Waals surface area contributed by atoms with Crippen molar-refractivity contribution in [1.29, 1.82) is 0 Å². The fourth-order valence-electron chi connectivity index (χ4n) is 2.98. The molecule has 0 aliphatic carbocycles. The molecule has 2 rings (SSSR count). The zero-order valence-electron chi connectivity index (χ0n) is 12.3. The van der Waals surface area contributed by atoms with Gasteiger partial charge in [-0.25, -0.2) is 0 Å². The molecular weight excluding hydrogens is 244 g/mol. The quantitative estimate of drug-likeness (QED) is 0.569. The summed E-state index contributed by atoms with van der Waals surface area (Å²) in [6.45, 7) is 7.32. The van der Waals surface area contributed by atoms with E-state index < -0.39 is 0 Å². The highest BCUT2D eigenvalue weighted by atomic mass is 16.6. The highest BCUT2D eigenvalue weighted by Gasteiger charge is 2.40. The molecule has 2 fully saturated rings.